The number of piperidine rings is 1. The molecule has 0 aromatic carbocycles. The Bertz CT molecular complexity index is 373. The van der Waals surface area contributed by atoms with Crippen molar-refractivity contribution >= 4 is 5.91 Å². The van der Waals surface area contributed by atoms with Crippen molar-refractivity contribution in [1.82, 2.24) is 20.6 Å². The molecule has 5 heteroatoms. The lowest BCUT2D eigenvalue weighted by Crippen LogP contribution is -2.42. The minimum atomic E-state index is -0.0923. The van der Waals surface area contributed by atoms with Gasteiger partial charge in [-0.2, -0.15) is 0 Å². The first-order valence-electron chi connectivity index (χ1n) is 5.94. The van der Waals surface area contributed by atoms with E-state index in [1.54, 1.807) is 0 Å². The van der Waals surface area contributed by atoms with Crippen LogP contribution in [0.3, 0.4) is 0 Å². The van der Waals surface area contributed by atoms with Gasteiger partial charge in [-0.25, -0.2) is 9.97 Å². The second-order valence-corrected chi connectivity index (χ2v) is 4.87. The summed E-state index contributed by atoms with van der Waals surface area (Å²) < 4.78 is 0. The fraction of sp³-hybridized carbons (Fsp3) is 0.583. The molecule has 17 heavy (non-hydrogen) atoms. The van der Waals surface area contributed by atoms with Gasteiger partial charge in [0.2, 0.25) is 0 Å². The van der Waals surface area contributed by atoms with Crippen LogP contribution in [0.2, 0.25) is 0 Å². The fourth-order valence-corrected chi connectivity index (χ4v) is 2.02. The van der Waals surface area contributed by atoms with Gasteiger partial charge in [-0.1, -0.05) is 6.92 Å². The second-order valence-electron chi connectivity index (χ2n) is 4.87. The van der Waals surface area contributed by atoms with Crippen LogP contribution in [0, 0.1) is 5.41 Å². The van der Waals surface area contributed by atoms with E-state index >= 15 is 0 Å². The van der Waals surface area contributed by atoms with Crippen molar-refractivity contribution in [3.05, 3.63) is 24.3 Å². The molecule has 0 saturated carbocycles. The van der Waals surface area contributed by atoms with E-state index in [-0.39, 0.29) is 11.3 Å². The van der Waals surface area contributed by atoms with E-state index in [0.717, 1.165) is 25.9 Å². The quantitative estimate of drug-likeness (QED) is 0.803. The summed E-state index contributed by atoms with van der Waals surface area (Å²) in [5.74, 6) is -0.0923. The van der Waals surface area contributed by atoms with Crippen molar-refractivity contribution in [3.8, 4) is 0 Å². The molecule has 2 heterocycles. The number of hydrogen-bond donors (Lipinski definition) is 2. The summed E-state index contributed by atoms with van der Waals surface area (Å²) in [6.45, 7) is 4.99. The fourth-order valence-electron chi connectivity index (χ4n) is 2.02. The molecule has 0 radical (unpaired) electrons. The SMILES string of the molecule is CC1(CNC(=O)c2cncnc2)CCNCC1. The number of hydrogen-bond acceptors (Lipinski definition) is 4. The number of carbonyl (C=O) groups is 1. The first-order chi connectivity index (χ1) is 8.20. The lowest BCUT2D eigenvalue weighted by molar-refractivity contribution is 0.0921. The average Bonchev–Trinajstić information content (AvgIpc) is 2.38. The smallest absolute Gasteiger partial charge is 0.254 e. The van der Waals surface area contributed by atoms with Gasteiger partial charge in [-0.15, -0.1) is 0 Å². The summed E-state index contributed by atoms with van der Waals surface area (Å²) in [6.07, 6.45) is 6.68. The number of amides is 1. The number of carbonyl (C=O) groups excluding carboxylic acids is 1. The predicted octanol–water partition coefficient (Wildman–Crippen LogP) is 0.596. The normalized spacial score (nSPS) is 18.6. The Morgan fingerprint density at radius 3 is 2.71 bits per heavy atom. The van der Waals surface area contributed by atoms with Crippen molar-refractivity contribution < 1.29 is 4.79 Å². The van der Waals surface area contributed by atoms with Gasteiger partial charge in [0.25, 0.3) is 5.91 Å². The van der Waals surface area contributed by atoms with Crippen molar-refractivity contribution in [2.24, 2.45) is 5.41 Å². The highest BCUT2D eigenvalue weighted by Crippen LogP contribution is 2.26. The maximum absolute atomic E-state index is 11.8. The van der Waals surface area contributed by atoms with Crippen LogP contribution in [0.25, 0.3) is 0 Å². The van der Waals surface area contributed by atoms with Crippen molar-refractivity contribution in [2.45, 2.75) is 19.8 Å². The van der Waals surface area contributed by atoms with Crippen LogP contribution in [-0.4, -0.2) is 35.5 Å². The van der Waals surface area contributed by atoms with Crippen LogP contribution in [0.5, 0.6) is 0 Å². The van der Waals surface area contributed by atoms with E-state index in [4.69, 9.17) is 0 Å². The molecule has 0 atom stereocenters. The summed E-state index contributed by atoms with van der Waals surface area (Å²) in [5.41, 5.74) is 0.723. The van der Waals surface area contributed by atoms with Crippen LogP contribution in [0.15, 0.2) is 18.7 Å². The summed E-state index contributed by atoms with van der Waals surface area (Å²) in [7, 11) is 0. The van der Waals surface area contributed by atoms with Gasteiger partial charge >= 0.3 is 0 Å². The molecule has 5 nitrogen and oxygen atoms in total. The van der Waals surface area contributed by atoms with Gasteiger partial charge in [-0.3, -0.25) is 4.79 Å². The van der Waals surface area contributed by atoms with Gasteiger partial charge < -0.3 is 10.6 Å². The van der Waals surface area contributed by atoms with E-state index in [1.165, 1.54) is 18.7 Å². The highest BCUT2D eigenvalue weighted by Gasteiger charge is 2.27. The highest BCUT2D eigenvalue weighted by molar-refractivity contribution is 5.93. The van der Waals surface area contributed by atoms with Crippen molar-refractivity contribution in [1.29, 1.82) is 0 Å². The molecule has 92 valence electrons. The third-order valence-electron chi connectivity index (χ3n) is 3.31. The summed E-state index contributed by atoms with van der Waals surface area (Å²) >= 11 is 0. The van der Waals surface area contributed by atoms with Crippen molar-refractivity contribution in [3.63, 3.8) is 0 Å². The molecular formula is C12H18N4O. The molecule has 1 aliphatic heterocycles. The van der Waals surface area contributed by atoms with Crippen LogP contribution < -0.4 is 10.6 Å². The minimum Gasteiger partial charge on any atom is -0.351 e. The van der Waals surface area contributed by atoms with Crippen LogP contribution in [-0.2, 0) is 0 Å². The van der Waals surface area contributed by atoms with Gasteiger partial charge in [0, 0.05) is 18.9 Å². The first kappa shape index (κ1) is 12.0. The summed E-state index contributed by atoms with van der Waals surface area (Å²) in [4.78, 5) is 19.5. The molecule has 2 N–H and O–H groups in total. The summed E-state index contributed by atoms with van der Waals surface area (Å²) in [5, 5.41) is 6.29. The molecule has 0 spiro atoms. The van der Waals surface area contributed by atoms with E-state index in [1.807, 2.05) is 0 Å². The molecule has 1 fully saturated rings. The van der Waals surface area contributed by atoms with E-state index in [9.17, 15) is 4.79 Å². The largest absolute Gasteiger partial charge is 0.351 e. The third kappa shape index (κ3) is 3.23. The molecule has 0 unspecified atom stereocenters. The maximum atomic E-state index is 11.8. The molecule has 1 aromatic heterocycles. The lowest BCUT2D eigenvalue weighted by Gasteiger charge is -2.34. The third-order valence-corrected chi connectivity index (χ3v) is 3.31. The molecule has 1 amide bonds. The monoisotopic (exact) mass is 234 g/mol. The zero-order chi connectivity index (χ0) is 12.1. The zero-order valence-corrected chi connectivity index (χ0v) is 10.1. The van der Waals surface area contributed by atoms with Gasteiger partial charge in [-0.05, 0) is 31.3 Å². The average molecular weight is 234 g/mol. The minimum absolute atomic E-state index is 0.0923. The highest BCUT2D eigenvalue weighted by atomic mass is 16.1. The van der Waals surface area contributed by atoms with E-state index < -0.39 is 0 Å². The molecular weight excluding hydrogens is 216 g/mol. The standard InChI is InChI=1S/C12H18N4O/c1-12(2-4-13-5-3-12)8-16-11(17)10-6-14-9-15-7-10/h6-7,9,13H,2-5,8H2,1H3,(H,16,17). The Balaban J connectivity index is 1.87. The Labute approximate surface area is 101 Å². The summed E-state index contributed by atoms with van der Waals surface area (Å²) in [6, 6.07) is 0. The Morgan fingerprint density at radius 2 is 2.06 bits per heavy atom. The molecule has 1 aromatic rings. The van der Waals surface area contributed by atoms with E-state index in [0.29, 0.717) is 12.1 Å². The second kappa shape index (κ2) is 5.23. The maximum Gasteiger partial charge on any atom is 0.254 e. The molecule has 2 rings (SSSR count). The topological polar surface area (TPSA) is 66.9 Å². The van der Waals surface area contributed by atoms with Gasteiger partial charge in [0.05, 0.1) is 5.56 Å². The van der Waals surface area contributed by atoms with Crippen LogP contribution >= 0.6 is 0 Å². The van der Waals surface area contributed by atoms with E-state index in [2.05, 4.69) is 27.5 Å². The first-order valence-corrected chi connectivity index (χ1v) is 5.94. The lowest BCUT2D eigenvalue weighted by atomic mass is 9.81. The molecule has 0 aliphatic carbocycles. The number of nitrogens with one attached hydrogen (secondary N) is 2. The van der Waals surface area contributed by atoms with Crippen LogP contribution in [0.4, 0.5) is 0 Å². The Morgan fingerprint density at radius 1 is 1.41 bits per heavy atom. The number of rotatable bonds is 3. The molecule has 0 bridgehead atoms. The predicted molar refractivity (Wildman–Crippen MR) is 64.6 cm³/mol. The van der Waals surface area contributed by atoms with Gasteiger partial charge in [0.15, 0.2) is 0 Å². The van der Waals surface area contributed by atoms with Crippen molar-refractivity contribution in [2.75, 3.05) is 19.6 Å². The zero-order valence-electron chi connectivity index (χ0n) is 10.1. The van der Waals surface area contributed by atoms with Gasteiger partial charge in [0.1, 0.15) is 6.33 Å². The molecule has 1 saturated heterocycles. The number of aromatic nitrogens is 2. The molecule has 1 aliphatic rings. The Hall–Kier alpha value is -1.49. The number of nitrogens with zero attached hydrogens (tertiary/aromatic N) is 2. The van der Waals surface area contributed by atoms with Crippen LogP contribution in [0.1, 0.15) is 30.1 Å². The Kier molecular flexibility index (Phi) is 3.68.